The highest BCUT2D eigenvalue weighted by Crippen LogP contribution is 2.46. The molecule has 0 aromatic heterocycles. The molecule has 0 saturated carbocycles. The van der Waals surface area contributed by atoms with Gasteiger partial charge >= 0.3 is 0 Å². The molecular formula is C16H15ClO4. The molecule has 0 aromatic rings. The molecule has 0 amide bonds. The third-order valence-corrected chi connectivity index (χ3v) is 4.49. The zero-order valence-electron chi connectivity index (χ0n) is 11.2. The summed E-state index contributed by atoms with van der Waals surface area (Å²) in [6, 6.07) is 0. The van der Waals surface area contributed by atoms with Crippen molar-refractivity contribution in [3.8, 4) is 0 Å². The maximum atomic E-state index is 11.4. The normalized spacial score (nSPS) is 22.4. The van der Waals surface area contributed by atoms with Crippen LogP contribution in [0.3, 0.4) is 0 Å². The van der Waals surface area contributed by atoms with E-state index in [9.17, 15) is 14.0 Å². The van der Waals surface area contributed by atoms with Gasteiger partial charge in [0.05, 0.1) is 14.5 Å². The summed E-state index contributed by atoms with van der Waals surface area (Å²) in [5.41, 5.74) is -1.21. The van der Waals surface area contributed by atoms with Crippen molar-refractivity contribution in [3.05, 3.63) is 72.9 Å². The molecule has 21 heavy (non-hydrogen) atoms. The van der Waals surface area contributed by atoms with Gasteiger partial charge in [0.15, 0.2) is 0 Å². The van der Waals surface area contributed by atoms with Crippen molar-refractivity contribution in [2.24, 2.45) is 17.8 Å². The lowest BCUT2D eigenvalue weighted by Gasteiger charge is -2.38. The Morgan fingerprint density at radius 3 is 1.14 bits per heavy atom. The summed E-state index contributed by atoms with van der Waals surface area (Å²) in [5.74, 6) is -0.907. The lowest BCUT2D eigenvalue weighted by Crippen LogP contribution is -2.67. The molecule has 4 nitrogen and oxygen atoms in total. The lowest BCUT2D eigenvalue weighted by atomic mass is 9.70. The highest BCUT2D eigenvalue weighted by molar-refractivity contribution is 5.35. The lowest BCUT2D eigenvalue weighted by molar-refractivity contribution is -1.92. The van der Waals surface area contributed by atoms with E-state index in [-0.39, 0.29) is 17.8 Å². The Balaban J connectivity index is 2.09. The molecule has 3 rings (SSSR count). The summed E-state index contributed by atoms with van der Waals surface area (Å²) in [6.45, 7) is 0. The average molecular weight is 307 g/mol. The molecule has 0 spiro atoms. The van der Waals surface area contributed by atoms with Crippen LogP contribution >= 0.6 is 0 Å². The molecule has 3 aliphatic rings. The van der Waals surface area contributed by atoms with Crippen LogP contribution in [0.1, 0.15) is 0 Å². The van der Waals surface area contributed by atoms with Crippen LogP contribution in [0.4, 0.5) is 0 Å². The summed E-state index contributed by atoms with van der Waals surface area (Å²) < 4.78 is 39.3. The summed E-state index contributed by atoms with van der Waals surface area (Å²) in [5, 5.41) is 0. The number of rotatable bonds is 5. The van der Waals surface area contributed by atoms with Crippen molar-refractivity contribution in [1.29, 1.82) is 0 Å². The summed E-state index contributed by atoms with van der Waals surface area (Å²) in [7, 11) is -4.55. The summed E-state index contributed by atoms with van der Waals surface area (Å²) >= 11 is 0. The second kappa shape index (κ2) is 5.40. The molecule has 0 heterocycles. The fourth-order valence-electron chi connectivity index (χ4n) is 3.18. The van der Waals surface area contributed by atoms with Crippen molar-refractivity contribution in [3.63, 3.8) is 0 Å². The van der Waals surface area contributed by atoms with Crippen LogP contribution in [0.25, 0.3) is 0 Å². The Bertz CT molecular complexity index is 472. The Hall–Kier alpha value is -1.43. The molecule has 0 unspecified atom stereocenters. The smallest absolute Gasteiger partial charge is 0.183 e. The van der Waals surface area contributed by atoms with E-state index in [2.05, 4.69) is 0 Å². The van der Waals surface area contributed by atoms with Crippen molar-refractivity contribution in [2.45, 2.75) is 5.60 Å². The third-order valence-electron chi connectivity index (χ3n) is 4.04. The van der Waals surface area contributed by atoms with Gasteiger partial charge in [-0.25, -0.2) is 0 Å². The van der Waals surface area contributed by atoms with E-state index in [4.69, 9.17) is 4.29 Å². The first-order valence-electron chi connectivity index (χ1n) is 6.69. The van der Waals surface area contributed by atoms with Gasteiger partial charge < -0.3 is 0 Å². The molecule has 0 N–H and O–H groups in total. The standard InChI is InChI=1S/C16H15ClO4/c18-17(19,20)21-16(13-7-1-2-8-13,14-9-3-4-10-14)15-11-5-6-12-15/h1-15H. The van der Waals surface area contributed by atoms with Crippen molar-refractivity contribution in [2.75, 3.05) is 0 Å². The van der Waals surface area contributed by atoms with Gasteiger partial charge in [-0.3, -0.25) is 0 Å². The van der Waals surface area contributed by atoms with Crippen molar-refractivity contribution in [1.82, 2.24) is 0 Å². The topological polar surface area (TPSA) is 78.4 Å². The van der Waals surface area contributed by atoms with Crippen LogP contribution in [-0.2, 0) is 4.29 Å². The van der Waals surface area contributed by atoms with Crippen LogP contribution in [0.5, 0.6) is 0 Å². The van der Waals surface area contributed by atoms with E-state index in [1.54, 1.807) is 0 Å². The Kier molecular flexibility index (Phi) is 3.73. The predicted octanol–water partition coefficient (Wildman–Crippen LogP) is -0.134. The van der Waals surface area contributed by atoms with Crippen LogP contribution in [0.2, 0.25) is 0 Å². The molecule has 5 heteroatoms. The number of hydrogen-bond acceptors (Lipinski definition) is 4. The Labute approximate surface area is 125 Å². The van der Waals surface area contributed by atoms with Crippen LogP contribution in [0.15, 0.2) is 72.9 Å². The van der Waals surface area contributed by atoms with Gasteiger partial charge in [-0.15, -0.1) is 0 Å². The molecular weight excluding hydrogens is 292 g/mol. The van der Waals surface area contributed by atoms with Crippen molar-refractivity contribution >= 4 is 0 Å². The molecule has 0 radical (unpaired) electrons. The van der Waals surface area contributed by atoms with Crippen LogP contribution in [-0.4, -0.2) is 5.60 Å². The number of halogens is 1. The number of allylic oxidation sites excluding steroid dienone is 6. The highest BCUT2D eigenvalue weighted by atomic mass is 35.7. The van der Waals surface area contributed by atoms with Crippen LogP contribution in [0, 0.1) is 28.0 Å². The first kappa shape index (κ1) is 14.5. The zero-order chi connectivity index (χ0) is 14.9. The minimum absolute atomic E-state index is 0.302. The molecule has 0 aliphatic heterocycles. The summed E-state index contributed by atoms with van der Waals surface area (Å²) in [4.78, 5) is 0. The molecule has 3 aliphatic carbocycles. The van der Waals surface area contributed by atoms with Gasteiger partial charge in [-0.2, -0.15) is 14.0 Å². The minimum atomic E-state index is -4.55. The van der Waals surface area contributed by atoms with Crippen LogP contribution < -0.4 is 14.0 Å². The molecule has 0 bridgehead atoms. The quantitative estimate of drug-likeness (QED) is 0.708. The van der Waals surface area contributed by atoms with Gasteiger partial charge in [-0.05, 0) is 0 Å². The summed E-state index contributed by atoms with van der Waals surface area (Å²) in [6.07, 6.45) is 22.2. The van der Waals surface area contributed by atoms with Gasteiger partial charge in [0.1, 0.15) is 0 Å². The van der Waals surface area contributed by atoms with Gasteiger partial charge in [0.2, 0.25) is 0 Å². The van der Waals surface area contributed by atoms with E-state index >= 15 is 0 Å². The van der Waals surface area contributed by atoms with Crippen molar-refractivity contribution < 1.29 is 28.5 Å². The fraction of sp³-hybridized carbons (Fsp3) is 0.250. The average Bonchev–Trinajstić information content (AvgIpc) is 3.15. The second-order valence-electron chi connectivity index (χ2n) is 5.20. The first-order chi connectivity index (χ1) is 10.0. The minimum Gasteiger partial charge on any atom is -0.183 e. The maximum Gasteiger partial charge on any atom is 0.252 e. The first-order valence-corrected chi connectivity index (χ1v) is 7.92. The monoisotopic (exact) mass is 306 g/mol. The SMILES string of the molecule is [O-][Cl+3]([O-])([O-])OC(C1C=CC=C1)(C1C=CC=C1)C1C=CC=C1. The highest BCUT2D eigenvalue weighted by Gasteiger charge is 2.59. The van der Waals surface area contributed by atoms with E-state index in [0.717, 1.165) is 0 Å². The Morgan fingerprint density at radius 1 is 0.619 bits per heavy atom. The Morgan fingerprint density at radius 2 is 0.905 bits per heavy atom. The predicted molar refractivity (Wildman–Crippen MR) is 69.1 cm³/mol. The van der Waals surface area contributed by atoms with E-state index in [1.807, 2.05) is 72.9 Å². The van der Waals surface area contributed by atoms with E-state index in [0.29, 0.717) is 0 Å². The fourth-order valence-corrected chi connectivity index (χ4v) is 3.82. The molecule has 0 atom stereocenters. The number of hydrogen-bond donors (Lipinski definition) is 0. The molecule has 110 valence electrons. The third kappa shape index (κ3) is 2.69. The maximum absolute atomic E-state index is 11.4. The van der Waals surface area contributed by atoms with E-state index < -0.39 is 15.8 Å². The molecule has 0 aromatic carbocycles. The molecule has 0 fully saturated rings. The molecule has 0 saturated heterocycles. The van der Waals surface area contributed by atoms with E-state index in [1.165, 1.54) is 0 Å². The van der Waals surface area contributed by atoms with Gasteiger partial charge in [-0.1, -0.05) is 72.9 Å². The van der Waals surface area contributed by atoms with Gasteiger partial charge in [0, 0.05) is 17.8 Å². The second-order valence-corrected chi connectivity index (χ2v) is 6.11. The zero-order valence-corrected chi connectivity index (χ0v) is 11.9. The largest absolute Gasteiger partial charge is 0.252 e. The van der Waals surface area contributed by atoms with Gasteiger partial charge in [0.25, 0.3) is 5.60 Å².